The highest BCUT2D eigenvalue weighted by atomic mass is 35.5. The van der Waals surface area contributed by atoms with Crippen LogP contribution in [-0.4, -0.2) is 27.1 Å². The second-order valence-electron chi connectivity index (χ2n) is 6.66. The Kier molecular flexibility index (Phi) is 4.57. The van der Waals surface area contributed by atoms with Crippen LogP contribution in [0.3, 0.4) is 0 Å². The van der Waals surface area contributed by atoms with Gasteiger partial charge in [-0.25, -0.2) is 4.98 Å². The minimum Gasteiger partial charge on any atom is -0.393 e. The molecule has 2 aromatic heterocycles. The first-order valence-electron chi connectivity index (χ1n) is 8.55. The fraction of sp³-hybridized carbons (Fsp3) is 0.250. The molecule has 1 aliphatic carbocycles. The van der Waals surface area contributed by atoms with Gasteiger partial charge in [0.15, 0.2) is 0 Å². The lowest BCUT2D eigenvalue weighted by Crippen LogP contribution is -2.41. The van der Waals surface area contributed by atoms with Crippen LogP contribution >= 0.6 is 11.6 Å². The lowest BCUT2D eigenvalue weighted by Gasteiger charge is -2.38. The number of pyridine rings is 2. The third-order valence-electron chi connectivity index (χ3n) is 4.84. The van der Waals surface area contributed by atoms with E-state index in [1.165, 1.54) is 6.20 Å². The highest BCUT2D eigenvalue weighted by Gasteiger charge is 2.36. The van der Waals surface area contributed by atoms with Gasteiger partial charge in [0.2, 0.25) is 0 Å². The van der Waals surface area contributed by atoms with Crippen molar-refractivity contribution in [3.8, 4) is 0 Å². The molecular formula is C20H18ClN3O2. The smallest absolute Gasteiger partial charge is 0.270 e. The summed E-state index contributed by atoms with van der Waals surface area (Å²) in [5.41, 5.74) is 2.16. The predicted octanol–water partition coefficient (Wildman–Crippen LogP) is 3.53. The molecule has 0 unspecified atom stereocenters. The normalized spacial score (nSPS) is 20.4. The highest BCUT2D eigenvalue weighted by Crippen LogP contribution is 2.38. The molecule has 1 fully saturated rings. The molecule has 1 aliphatic rings. The second-order valence-corrected chi connectivity index (χ2v) is 7.10. The summed E-state index contributed by atoms with van der Waals surface area (Å²) in [6, 6.07) is 12.9. The molecule has 3 aromatic rings. The Hall–Kier alpha value is -2.50. The van der Waals surface area contributed by atoms with Crippen molar-refractivity contribution < 1.29 is 9.90 Å². The molecule has 5 nitrogen and oxygen atoms in total. The number of aliphatic hydroxyl groups is 1. The number of benzene rings is 1. The molecule has 26 heavy (non-hydrogen) atoms. The molecule has 0 bridgehead atoms. The Morgan fingerprint density at radius 2 is 1.96 bits per heavy atom. The van der Waals surface area contributed by atoms with Gasteiger partial charge < -0.3 is 10.4 Å². The average molecular weight is 368 g/mol. The molecule has 0 aliphatic heterocycles. The van der Waals surface area contributed by atoms with Gasteiger partial charge in [0, 0.05) is 17.8 Å². The minimum absolute atomic E-state index is 0.171. The van der Waals surface area contributed by atoms with Crippen LogP contribution in [0, 0.1) is 5.92 Å². The van der Waals surface area contributed by atoms with Crippen molar-refractivity contribution in [3.05, 3.63) is 71.1 Å². The van der Waals surface area contributed by atoms with Gasteiger partial charge in [0.25, 0.3) is 5.91 Å². The molecule has 1 amide bonds. The number of carbonyl (C=O) groups excluding carboxylic acids is 1. The van der Waals surface area contributed by atoms with Crippen molar-refractivity contribution >= 4 is 28.4 Å². The highest BCUT2D eigenvalue weighted by molar-refractivity contribution is 6.30. The summed E-state index contributed by atoms with van der Waals surface area (Å²) in [4.78, 5) is 21.2. The maximum Gasteiger partial charge on any atom is 0.270 e. The van der Waals surface area contributed by atoms with Crippen molar-refractivity contribution in [2.24, 2.45) is 5.92 Å². The van der Waals surface area contributed by atoms with Gasteiger partial charge in [-0.05, 0) is 48.6 Å². The molecule has 1 saturated carbocycles. The summed E-state index contributed by atoms with van der Waals surface area (Å²) in [5.74, 6) is -0.0922. The van der Waals surface area contributed by atoms with Gasteiger partial charge in [0.05, 0.1) is 22.7 Å². The van der Waals surface area contributed by atoms with Gasteiger partial charge in [-0.3, -0.25) is 9.78 Å². The van der Waals surface area contributed by atoms with Crippen molar-refractivity contribution in [2.45, 2.75) is 25.0 Å². The lowest BCUT2D eigenvalue weighted by atomic mass is 9.75. The number of nitrogens with zero attached hydrogens (tertiary/aromatic N) is 2. The van der Waals surface area contributed by atoms with E-state index >= 15 is 0 Å². The molecule has 132 valence electrons. The Balaban J connectivity index is 1.63. The average Bonchev–Trinajstić information content (AvgIpc) is 2.64. The Bertz CT molecular complexity index is 939. The summed E-state index contributed by atoms with van der Waals surface area (Å²) in [7, 11) is 0. The zero-order chi connectivity index (χ0) is 18.1. The van der Waals surface area contributed by atoms with Crippen molar-refractivity contribution in [3.63, 3.8) is 0 Å². The van der Waals surface area contributed by atoms with E-state index in [2.05, 4.69) is 15.3 Å². The van der Waals surface area contributed by atoms with Crippen LogP contribution in [-0.2, 0) is 0 Å². The summed E-state index contributed by atoms with van der Waals surface area (Å²) in [6.45, 7) is 0. The molecule has 4 rings (SSSR count). The number of carbonyl (C=O) groups is 1. The zero-order valence-corrected chi connectivity index (χ0v) is 14.7. The van der Waals surface area contributed by atoms with Gasteiger partial charge >= 0.3 is 0 Å². The zero-order valence-electron chi connectivity index (χ0n) is 14.0. The molecule has 1 aromatic carbocycles. The molecule has 6 heteroatoms. The van der Waals surface area contributed by atoms with Crippen molar-refractivity contribution in [1.82, 2.24) is 15.3 Å². The number of hydrogen-bond acceptors (Lipinski definition) is 4. The number of halogens is 1. The topological polar surface area (TPSA) is 75.1 Å². The summed E-state index contributed by atoms with van der Waals surface area (Å²) in [6.07, 6.45) is 4.27. The maximum atomic E-state index is 12.6. The molecule has 0 saturated heterocycles. The lowest BCUT2D eigenvalue weighted by molar-refractivity contribution is 0.0234. The summed E-state index contributed by atoms with van der Waals surface area (Å²) in [5, 5.41) is 14.3. The Morgan fingerprint density at radius 3 is 2.69 bits per heavy atom. The molecule has 1 atom stereocenters. The van der Waals surface area contributed by atoms with Crippen LogP contribution in [0.25, 0.3) is 10.9 Å². The van der Waals surface area contributed by atoms with Crippen LogP contribution in [0.5, 0.6) is 0 Å². The standard InChI is InChI=1S/C20H18ClN3O2/c21-15-5-6-18(23-11-15)20(26)24-19(13-8-16(25)9-13)14-7-12-3-1-2-4-17(12)22-10-14/h1-7,10-11,13,16,19,25H,8-9H2,(H,24,26)/t13?,16?,19-/m0/s1. The van der Waals surface area contributed by atoms with Gasteiger partial charge in [-0.1, -0.05) is 29.8 Å². The number of amides is 1. The van der Waals surface area contributed by atoms with Gasteiger partial charge in [-0.15, -0.1) is 0 Å². The number of aliphatic hydroxyl groups excluding tert-OH is 1. The van der Waals surface area contributed by atoms with E-state index in [0.717, 1.165) is 16.5 Å². The van der Waals surface area contributed by atoms with E-state index in [0.29, 0.717) is 23.6 Å². The van der Waals surface area contributed by atoms with Crippen LogP contribution in [0.2, 0.25) is 5.02 Å². The molecule has 2 heterocycles. The molecule has 0 spiro atoms. The fourth-order valence-electron chi connectivity index (χ4n) is 3.36. The number of fused-ring (bicyclic) bond motifs is 1. The van der Waals surface area contributed by atoms with E-state index in [1.54, 1.807) is 18.3 Å². The van der Waals surface area contributed by atoms with E-state index in [1.807, 2.05) is 30.3 Å². The van der Waals surface area contributed by atoms with Gasteiger partial charge in [-0.2, -0.15) is 0 Å². The Labute approximate surface area is 156 Å². The quantitative estimate of drug-likeness (QED) is 0.739. The predicted molar refractivity (Wildman–Crippen MR) is 99.9 cm³/mol. The SMILES string of the molecule is O=C(N[C@H](c1cnc2ccccc2c1)C1CC(O)C1)c1ccc(Cl)cn1. The number of hydrogen-bond donors (Lipinski definition) is 2. The first-order valence-corrected chi connectivity index (χ1v) is 8.93. The fourth-order valence-corrected chi connectivity index (χ4v) is 3.47. The van der Waals surface area contributed by atoms with Gasteiger partial charge in [0.1, 0.15) is 5.69 Å². The molecular weight excluding hydrogens is 350 g/mol. The minimum atomic E-state index is -0.304. The molecule has 2 N–H and O–H groups in total. The van der Waals surface area contributed by atoms with Crippen LogP contribution in [0.4, 0.5) is 0 Å². The van der Waals surface area contributed by atoms with Crippen LogP contribution in [0.15, 0.2) is 54.9 Å². The van der Waals surface area contributed by atoms with Crippen molar-refractivity contribution in [1.29, 1.82) is 0 Å². The third kappa shape index (κ3) is 3.41. The first kappa shape index (κ1) is 16.9. The monoisotopic (exact) mass is 367 g/mol. The third-order valence-corrected chi connectivity index (χ3v) is 5.06. The van der Waals surface area contributed by atoms with E-state index in [9.17, 15) is 9.90 Å². The molecule has 0 radical (unpaired) electrons. The summed E-state index contributed by atoms with van der Waals surface area (Å²) >= 11 is 5.84. The number of rotatable bonds is 4. The summed E-state index contributed by atoms with van der Waals surface area (Å²) < 4.78 is 0. The van der Waals surface area contributed by atoms with E-state index < -0.39 is 0 Å². The number of para-hydroxylation sites is 1. The van der Waals surface area contributed by atoms with E-state index in [-0.39, 0.29) is 24.0 Å². The van der Waals surface area contributed by atoms with Crippen LogP contribution in [0.1, 0.15) is 34.9 Å². The largest absolute Gasteiger partial charge is 0.393 e. The number of nitrogens with one attached hydrogen (secondary N) is 1. The number of aromatic nitrogens is 2. The first-order chi connectivity index (χ1) is 12.6. The van der Waals surface area contributed by atoms with Crippen LogP contribution < -0.4 is 5.32 Å². The Morgan fingerprint density at radius 1 is 1.15 bits per heavy atom. The maximum absolute atomic E-state index is 12.6. The van der Waals surface area contributed by atoms with E-state index in [4.69, 9.17) is 11.6 Å². The van der Waals surface area contributed by atoms with Crippen molar-refractivity contribution in [2.75, 3.05) is 0 Å². The second kappa shape index (κ2) is 7.02.